The normalized spacial score (nSPS) is 22.4. The lowest BCUT2D eigenvalue weighted by Gasteiger charge is -2.38. The highest BCUT2D eigenvalue weighted by molar-refractivity contribution is 6.02. The van der Waals surface area contributed by atoms with Crippen LogP contribution >= 0.6 is 0 Å². The summed E-state index contributed by atoms with van der Waals surface area (Å²) in [7, 11) is 3.32. The Morgan fingerprint density at radius 3 is 2.50 bits per heavy atom. The number of piperidine rings is 3. The minimum absolute atomic E-state index is 0.0778. The van der Waals surface area contributed by atoms with Gasteiger partial charge in [0.2, 0.25) is 17.6 Å². The third kappa shape index (κ3) is 7.07. The SMILES string of the molecule is Cn1nc(C2CCC(=O)NC2=O)c2ccc(C3CCN(CC4CCN(c5cc(Nc6ccc7c(c6)c6c(c(=O)n7C)OCC(F)(F)C(C7CC7)N6)n6ncnc6n5)CC4)CC3)c(F)c21. The Hall–Kier alpha value is -6.24. The topological polar surface area (TPSA) is 169 Å². The van der Waals surface area contributed by atoms with Gasteiger partial charge in [0.25, 0.3) is 11.3 Å². The van der Waals surface area contributed by atoms with Crippen LogP contribution in [0.2, 0.25) is 0 Å². The van der Waals surface area contributed by atoms with E-state index in [0.717, 1.165) is 64.2 Å². The van der Waals surface area contributed by atoms with Gasteiger partial charge in [0, 0.05) is 62.7 Å². The average Bonchev–Trinajstić information content (AvgIpc) is 3.93. The second kappa shape index (κ2) is 15.5. The summed E-state index contributed by atoms with van der Waals surface area (Å²) in [6.45, 7) is 3.48. The summed E-state index contributed by atoms with van der Waals surface area (Å²) in [5.41, 5.74) is 2.65. The molecule has 2 unspecified atom stereocenters. The Morgan fingerprint density at radius 1 is 0.938 bits per heavy atom. The van der Waals surface area contributed by atoms with Gasteiger partial charge in [0.05, 0.1) is 28.9 Å². The van der Waals surface area contributed by atoms with Crippen molar-refractivity contribution in [3.8, 4) is 5.75 Å². The first kappa shape index (κ1) is 40.5. The number of nitrogens with one attached hydrogen (secondary N) is 3. The molecule has 0 spiro atoms. The van der Waals surface area contributed by atoms with Crippen molar-refractivity contribution in [2.45, 2.75) is 75.2 Å². The number of nitrogens with zero attached hydrogens (tertiary/aromatic N) is 9. The molecule has 6 aromatic rings. The van der Waals surface area contributed by atoms with E-state index in [1.54, 1.807) is 24.7 Å². The number of carbonyl (C=O) groups excluding carboxylic acids is 2. The highest BCUT2D eigenvalue weighted by atomic mass is 19.3. The third-order valence-electron chi connectivity index (χ3n) is 14.2. The van der Waals surface area contributed by atoms with Gasteiger partial charge >= 0.3 is 5.92 Å². The smallest absolute Gasteiger partial charge is 0.301 e. The number of alkyl halides is 2. The molecule has 2 aromatic carbocycles. The van der Waals surface area contributed by atoms with Crippen molar-refractivity contribution in [3.63, 3.8) is 0 Å². The van der Waals surface area contributed by atoms with Gasteiger partial charge in [0.1, 0.15) is 23.5 Å². The van der Waals surface area contributed by atoms with Crippen LogP contribution in [0.4, 0.5) is 36.2 Å². The van der Waals surface area contributed by atoms with Crippen LogP contribution in [-0.4, -0.2) is 102 Å². The number of hydrogen-bond donors (Lipinski definition) is 3. The fourth-order valence-electron chi connectivity index (χ4n) is 10.5. The monoisotopic (exact) mass is 878 g/mol. The molecule has 19 heteroatoms. The molecule has 4 aromatic heterocycles. The fourth-order valence-corrected chi connectivity index (χ4v) is 10.5. The van der Waals surface area contributed by atoms with Crippen LogP contribution in [0, 0.1) is 17.7 Å². The van der Waals surface area contributed by atoms with E-state index in [4.69, 9.17) is 9.72 Å². The van der Waals surface area contributed by atoms with Crippen molar-refractivity contribution in [3.05, 3.63) is 70.2 Å². The van der Waals surface area contributed by atoms with Gasteiger partial charge < -0.3 is 29.7 Å². The first-order valence-corrected chi connectivity index (χ1v) is 22.3. The predicted molar refractivity (Wildman–Crippen MR) is 233 cm³/mol. The number of fused-ring (bicyclic) bond motifs is 5. The molecule has 4 aliphatic heterocycles. The molecule has 334 valence electrons. The summed E-state index contributed by atoms with van der Waals surface area (Å²) in [4.78, 5) is 51.7. The lowest BCUT2D eigenvalue weighted by molar-refractivity contribution is -0.134. The van der Waals surface area contributed by atoms with E-state index in [0.29, 0.717) is 75.5 Å². The number of imide groups is 1. The number of amides is 2. The van der Waals surface area contributed by atoms with Crippen molar-refractivity contribution >= 4 is 62.4 Å². The second-order valence-corrected chi connectivity index (χ2v) is 18.3. The van der Waals surface area contributed by atoms with Gasteiger partial charge in [-0.3, -0.25) is 24.4 Å². The summed E-state index contributed by atoms with van der Waals surface area (Å²) < 4.78 is 56.8. The van der Waals surface area contributed by atoms with Crippen molar-refractivity contribution in [1.82, 2.24) is 44.1 Å². The highest BCUT2D eigenvalue weighted by Gasteiger charge is 2.51. The number of carbonyl (C=O) groups is 2. The molecule has 64 heavy (non-hydrogen) atoms. The number of benzene rings is 2. The maximum atomic E-state index is 16.2. The van der Waals surface area contributed by atoms with E-state index < -0.39 is 30.0 Å². The zero-order chi connectivity index (χ0) is 44.0. The molecule has 3 saturated heterocycles. The number of hydrogen-bond acceptors (Lipinski definition) is 12. The van der Waals surface area contributed by atoms with E-state index >= 15 is 13.2 Å². The second-order valence-electron chi connectivity index (χ2n) is 18.3. The first-order chi connectivity index (χ1) is 30.9. The van der Waals surface area contributed by atoms with Gasteiger partial charge in [-0.05, 0) is 99.6 Å². The molecule has 8 heterocycles. The molecule has 0 radical (unpaired) electrons. The Bertz CT molecular complexity index is 2910. The fraction of sp³-hybridized carbons (Fsp3) is 0.489. The molecule has 2 atom stereocenters. The number of anilines is 4. The lowest BCUT2D eigenvalue weighted by atomic mass is 9.86. The summed E-state index contributed by atoms with van der Waals surface area (Å²) >= 11 is 0. The maximum absolute atomic E-state index is 16.2. The summed E-state index contributed by atoms with van der Waals surface area (Å²) in [5.74, 6) is -2.58. The van der Waals surface area contributed by atoms with Crippen molar-refractivity contribution in [2.75, 3.05) is 54.9 Å². The lowest BCUT2D eigenvalue weighted by Crippen LogP contribution is -2.44. The number of aromatic nitrogens is 7. The van der Waals surface area contributed by atoms with Crippen LogP contribution in [0.25, 0.3) is 27.6 Å². The Balaban J connectivity index is 0.750. The van der Waals surface area contributed by atoms with E-state index in [-0.39, 0.29) is 47.3 Å². The van der Waals surface area contributed by atoms with E-state index in [1.165, 1.54) is 15.6 Å². The number of likely N-dealkylation sites (tertiary alicyclic amines) is 1. The zero-order valence-electron chi connectivity index (χ0n) is 35.6. The Kier molecular flexibility index (Phi) is 9.81. The van der Waals surface area contributed by atoms with Gasteiger partial charge in [-0.25, -0.2) is 13.2 Å². The molecule has 2 amide bonds. The van der Waals surface area contributed by atoms with Gasteiger partial charge in [-0.2, -0.15) is 24.7 Å². The molecule has 3 N–H and O–H groups in total. The molecule has 16 nitrogen and oxygen atoms in total. The van der Waals surface area contributed by atoms with Crippen LogP contribution in [-0.2, 0) is 23.7 Å². The third-order valence-corrected chi connectivity index (χ3v) is 14.2. The number of rotatable bonds is 8. The van der Waals surface area contributed by atoms with Crippen LogP contribution in [0.5, 0.6) is 5.75 Å². The Morgan fingerprint density at radius 2 is 1.73 bits per heavy atom. The average molecular weight is 879 g/mol. The van der Waals surface area contributed by atoms with Crippen LogP contribution < -0.4 is 31.1 Å². The maximum Gasteiger partial charge on any atom is 0.301 e. The van der Waals surface area contributed by atoms with E-state index in [1.807, 2.05) is 30.3 Å². The molecular formula is C45H49F3N12O4. The molecule has 1 saturated carbocycles. The summed E-state index contributed by atoms with van der Waals surface area (Å²) in [6, 6.07) is 10.0. The number of pyridine rings is 1. The van der Waals surface area contributed by atoms with Gasteiger partial charge in [0.15, 0.2) is 12.4 Å². The van der Waals surface area contributed by atoms with Crippen LogP contribution in [0.1, 0.15) is 74.5 Å². The quantitative estimate of drug-likeness (QED) is 0.163. The standard InChI is InChI=1S/C45H49F3N12O4/c1-56-32-9-5-27(19-31(32)38-40(43(56)63)64-22-45(47,48)41(54-38)26-3-4-26)51-34-20-33(52-44-49-23-50-60(34)44)59-17-11-24(12-18-59)21-58-15-13-25(14-16-58)28-6-7-29-37(55-57(2)39(29)36(28)46)30-8-10-35(61)53-42(30)62/h5-7,9,19-20,23-26,30,41,51,54H,3-4,8,10-18,21-22H2,1-2H3,(H,53,61,62). The largest absolute Gasteiger partial charge is 0.480 e. The Labute approximate surface area is 365 Å². The molecule has 4 fully saturated rings. The summed E-state index contributed by atoms with van der Waals surface area (Å²) in [6.07, 6.45) is 7.09. The molecular weight excluding hydrogens is 830 g/mol. The number of halogens is 3. The number of aryl methyl sites for hydroxylation is 2. The minimum atomic E-state index is -3.14. The number of ether oxygens (including phenoxy) is 1. The summed E-state index contributed by atoms with van der Waals surface area (Å²) in [5, 5.41) is 19.1. The minimum Gasteiger partial charge on any atom is -0.480 e. The van der Waals surface area contributed by atoms with Gasteiger partial charge in [-0.15, -0.1) is 0 Å². The van der Waals surface area contributed by atoms with Crippen molar-refractivity contribution in [1.29, 1.82) is 0 Å². The van der Waals surface area contributed by atoms with Crippen molar-refractivity contribution in [2.24, 2.45) is 25.9 Å². The molecule has 5 aliphatic rings. The van der Waals surface area contributed by atoms with Crippen molar-refractivity contribution < 1.29 is 27.5 Å². The molecule has 0 bridgehead atoms. The highest BCUT2D eigenvalue weighted by Crippen LogP contribution is 2.46. The van der Waals surface area contributed by atoms with Crippen LogP contribution in [0.3, 0.4) is 0 Å². The molecule has 1 aliphatic carbocycles. The zero-order valence-corrected chi connectivity index (χ0v) is 35.6. The van der Waals surface area contributed by atoms with E-state index in [2.05, 4.69) is 40.9 Å². The van der Waals surface area contributed by atoms with Gasteiger partial charge in [-0.1, -0.05) is 12.1 Å². The predicted octanol–water partition coefficient (Wildman–Crippen LogP) is 5.58. The van der Waals surface area contributed by atoms with Crippen LogP contribution in [0.15, 0.2) is 47.5 Å². The first-order valence-electron chi connectivity index (χ1n) is 22.3. The molecule has 11 rings (SSSR count). The van der Waals surface area contributed by atoms with E-state index in [9.17, 15) is 14.4 Å².